The van der Waals surface area contributed by atoms with Crippen molar-refractivity contribution in [3.05, 3.63) is 23.3 Å². The minimum absolute atomic E-state index is 0.179. The molecule has 1 aromatic rings. The van der Waals surface area contributed by atoms with Gasteiger partial charge in [-0.05, 0) is 36.5 Å². The third-order valence-corrected chi connectivity index (χ3v) is 7.46. The number of aliphatic hydroxyl groups is 1. The first-order valence-corrected chi connectivity index (χ1v) is 10.7. The van der Waals surface area contributed by atoms with Crippen molar-refractivity contribution in [1.29, 1.82) is 0 Å². The van der Waals surface area contributed by atoms with Crippen molar-refractivity contribution in [3.63, 3.8) is 0 Å². The molecular formula is C19H17NO10S. The summed E-state index contributed by atoms with van der Waals surface area (Å²) in [5.74, 6) is -12.1. The lowest BCUT2D eigenvalue weighted by molar-refractivity contribution is -0.175. The van der Waals surface area contributed by atoms with E-state index in [1.165, 1.54) is 0 Å². The van der Waals surface area contributed by atoms with Crippen LogP contribution in [0.5, 0.6) is 5.75 Å². The molecule has 2 saturated carbocycles. The van der Waals surface area contributed by atoms with E-state index in [1.54, 1.807) is 0 Å². The van der Waals surface area contributed by atoms with Gasteiger partial charge in [-0.15, -0.1) is 0 Å². The number of rotatable bonds is 2. The van der Waals surface area contributed by atoms with Crippen LogP contribution in [-0.2, 0) is 35.7 Å². The highest BCUT2D eigenvalue weighted by atomic mass is 32.2. The molecule has 1 amide bonds. The summed E-state index contributed by atoms with van der Waals surface area (Å²) in [6.45, 7) is 0. The topological polar surface area (TPSA) is 206 Å². The van der Waals surface area contributed by atoms with Gasteiger partial charge in [0.2, 0.25) is 5.91 Å². The molecular weight excluding hydrogens is 434 g/mol. The normalized spacial score (nSPS) is 32.8. The summed E-state index contributed by atoms with van der Waals surface area (Å²) < 4.78 is 33.0. The van der Waals surface area contributed by atoms with Crippen molar-refractivity contribution in [2.75, 3.05) is 0 Å². The lowest BCUT2D eigenvalue weighted by Crippen LogP contribution is -2.68. The quantitative estimate of drug-likeness (QED) is 0.304. The molecule has 5 atom stereocenters. The molecule has 0 bridgehead atoms. The number of fused-ring (bicyclic) bond motifs is 3. The zero-order valence-corrected chi connectivity index (χ0v) is 16.6. The number of carbonyl (C=O) groups is 5. The standard InChI is InChI=1S/C19H17NO10S/c20-18(26)14-10(22)5-7-3-6-4-8-11(31(28,29)30)2-1-9(21)13(8)15(23)12(6)16(24)19(7,27)17(14)25/h1-2,6-7,12,14,21,27H,3-5H2,(H2,20,26)(H,28,29,30)/t6-,7+,12?,14?,19+/m1/s1. The first-order valence-electron chi connectivity index (χ1n) is 9.29. The molecule has 4 rings (SSSR count). The molecule has 0 radical (unpaired) electrons. The highest BCUT2D eigenvalue weighted by Crippen LogP contribution is 2.50. The van der Waals surface area contributed by atoms with Crippen molar-refractivity contribution in [2.24, 2.45) is 29.4 Å². The number of hydrogen-bond donors (Lipinski definition) is 4. The summed E-state index contributed by atoms with van der Waals surface area (Å²) in [6.07, 6.45) is -0.923. The zero-order chi connectivity index (χ0) is 23.0. The molecule has 2 fully saturated rings. The molecule has 5 N–H and O–H groups in total. The first-order chi connectivity index (χ1) is 14.3. The lowest BCUT2D eigenvalue weighted by Gasteiger charge is -2.48. The Morgan fingerprint density at radius 1 is 1.10 bits per heavy atom. The predicted molar refractivity (Wildman–Crippen MR) is 98.3 cm³/mol. The van der Waals surface area contributed by atoms with Crippen LogP contribution in [-0.4, -0.2) is 57.8 Å². The minimum Gasteiger partial charge on any atom is -0.507 e. The number of amides is 1. The second-order valence-corrected chi connectivity index (χ2v) is 9.54. The van der Waals surface area contributed by atoms with E-state index in [2.05, 4.69) is 0 Å². The van der Waals surface area contributed by atoms with E-state index in [0.717, 1.165) is 12.1 Å². The maximum atomic E-state index is 13.2. The number of hydrogen-bond acceptors (Lipinski definition) is 9. The van der Waals surface area contributed by atoms with E-state index in [9.17, 15) is 47.2 Å². The van der Waals surface area contributed by atoms with Crippen LogP contribution in [0.1, 0.15) is 28.8 Å². The number of phenols is 1. The fourth-order valence-corrected chi connectivity index (χ4v) is 5.92. The molecule has 12 heteroatoms. The van der Waals surface area contributed by atoms with E-state index >= 15 is 0 Å². The first kappa shape index (κ1) is 21.3. The number of primary amides is 1. The molecule has 2 unspecified atom stereocenters. The molecule has 3 aliphatic carbocycles. The van der Waals surface area contributed by atoms with E-state index in [0.29, 0.717) is 0 Å². The van der Waals surface area contributed by atoms with Crippen LogP contribution in [0.2, 0.25) is 0 Å². The fourth-order valence-electron chi connectivity index (χ4n) is 5.18. The van der Waals surface area contributed by atoms with Crippen LogP contribution >= 0.6 is 0 Å². The molecule has 0 aliphatic heterocycles. The number of ketones is 4. The average Bonchev–Trinajstić information content (AvgIpc) is 2.63. The molecule has 0 saturated heterocycles. The minimum atomic E-state index is -4.76. The van der Waals surface area contributed by atoms with Gasteiger partial charge >= 0.3 is 0 Å². The Hall–Kier alpha value is -2.96. The third kappa shape index (κ3) is 2.78. The Kier molecular flexibility index (Phi) is 4.47. The summed E-state index contributed by atoms with van der Waals surface area (Å²) in [4.78, 5) is 62.3. The largest absolute Gasteiger partial charge is 0.507 e. The van der Waals surface area contributed by atoms with Gasteiger partial charge in [0.25, 0.3) is 10.1 Å². The zero-order valence-electron chi connectivity index (χ0n) is 15.8. The smallest absolute Gasteiger partial charge is 0.294 e. The number of benzene rings is 1. The highest BCUT2D eigenvalue weighted by molar-refractivity contribution is 7.85. The van der Waals surface area contributed by atoms with Gasteiger partial charge in [-0.1, -0.05) is 0 Å². The Morgan fingerprint density at radius 2 is 1.74 bits per heavy atom. The Labute approximate surface area is 175 Å². The average molecular weight is 451 g/mol. The second kappa shape index (κ2) is 6.52. The Balaban J connectivity index is 1.86. The predicted octanol–water partition coefficient (Wildman–Crippen LogP) is -1.43. The van der Waals surface area contributed by atoms with Crippen molar-refractivity contribution >= 4 is 39.2 Å². The molecule has 1 aromatic carbocycles. The van der Waals surface area contributed by atoms with E-state index in [1.807, 2.05) is 0 Å². The number of phenolic OH excluding ortho intramolecular Hbond substituents is 1. The summed E-state index contributed by atoms with van der Waals surface area (Å²) in [5.41, 5.74) is 1.62. The van der Waals surface area contributed by atoms with Crippen LogP contribution in [0.25, 0.3) is 0 Å². The van der Waals surface area contributed by atoms with Crippen molar-refractivity contribution < 1.29 is 47.2 Å². The van der Waals surface area contributed by atoms with Gasteiger partial charge in [0.05, 0.1) is 16.4 Å². The maximum Gasteiger partial charge on any atom is 0.294 e. The van der Waals surface area contributed by atoms with Crippen LogP contribution < -0.4 is 5.73 Å². The van der Waals surface area contributed by atoms with Crippen molar-refractivity contribution in [2.45, 2.75) is 29.8 Å². The number of nitrogens with two attached hydrogens (primary N) is 1. The van der Waals surface area contributed by atoms with Crippen LogP contribution in [0.15, 0.2) is 17.0 Å². The van der Waals surface area contributed by atoms with Gasteiger partial charge in [0, 0.05) is 12.3 Å². The van der Waals surface area contributed by atoms with Crippen molar-refractivity contribution in [1.82, 2.24) is 0 Å². The van der Waals surface area contributed by atoms with Gasteiger partial charge in [-0.2, -0.15) is 8.42 Å². The molecule has 31 heavy (non-hydrogen) atoms. The highest BCUT2D eigenvalue weighted by Gasteiger charge is 2.66. The maximum absolute atomic E-state index is 13.2. The van der Waals surface area contributed by atoms with E-state index in [4.69, 9.17) is 5.73 Å². The number of carbonyl (C=O) groups excluding carboxylic acids is 5. The summed E-state index contributed by atoms with van der Waals surface area (Å²) in [7, 11) is -4.76. The van der Waals surface area contributed by atoms with Gasteiger partial charge < -0.3 is 15.9 Å². The van der Waals surface area contributed by atoms with Crippen LogP contribution in [0.3, 0.4) is 0 Å². The van der Waals surface area contributed by atoms with Gasteiger partial charge in [-0.25, -0.2) is 0 Å². The second-order valence-electron chi connectivity index (χ2n) is 8.15. The SMILES string of the molecule is NC(=O)C1C(=O)C[C@@H]2C[C@@H]3Cc4c(S(=O)(=O)O)ccc(O)c4C(=O)C3C(=O)[C@]2(O)C1=O. The van der Waals surface area contributed by atoms with Crippen LogP contribution in [0.4, 0.5) is 0 Å². The van der Waals surface area contributed by atoms with Gasteiger partial charge in [-0.3, -0.25) is 28.5 Å². The fraction of sp³-hybridized carbons (Fsp3) is 0.421. The molecule has 3 aliphatic rings. The molecule has 164 valence electrons. The summed E-state index contributed by atoms with van der Waals surface area (Å²) in [5, 5.41) is 21.2. The molecule has 0 heterocycles. The summed E-state index contributed by atoms with van der Waals surface area (Å²) in [6, 6.07) is 1.79. The van der Waals surface area contributed by atoms with Gasteiger partial charge in [0.1, 0.15) is 5.75 Å². The Morgan fingerprint density at radius 3 is 2.32 bits per heavy atom. The van der Waals surface area contributed by atoms with Gasteiger partial charge in [0.15, 0.2) is 34.7 Å². The van der Waals surface area contributed by atoms with E-state index < -0.39 is 91.1 Å². The number of Topliss-reactive ketones (excluding diaryl/α,β-unsaturated/α-hetero) is 4. The monoisotopic (exact) mass is 451 g/mol. The number of aromatic hydroxyl groups is 1. The Bertz CT molecular complexity index is 1200. The van der Waals surface area contributed by atoms with Crippen LogP contribution in [0, 0.1) is 23.7 Å². The molecule has 0 spiro atoms. The molecule has 11 nitrogen and oxygen atoms in total. The summed E-state index contributed by atoms with van der Waals surface area (Å²) >= 11 is 0. The molecule has 0 aromatic heterocycles. The van der Waals surface area contributed by atoms with Crippen molar-refractivity contribution in [3.8, 4) is 5.75 Å². The lowest BCUT2D eigenvalue weighted by atomic mass is 9.54. The van der Waals surface area contributed by atoms with E-state index in [-0.39, 0.29) is 18.4 Å². The third-order valence-electron chi connectivity index (χ3n) is 6.52.